The molecule has 2 rings (SSSR count). The van der Waals surface area contributed by atoms with Gasteiger partial charge in [-0.15, -0.1) is 0 Å². The second-order valence-electron chi connectivity index (χ2n) is 4.18. The standard InChI is InChI=1S/C14H12ClNO4/c1-9-13(17)6-3-7-14(9)20-8-10-11(15)4-2-5-12(10)16(18)19/h2-7,17H,8H2,1H3. The Morgan fingerprint density at radius 3 is 2.70 bits per heavy atom. The molecule has 0 radical (unpaired) electrons. The Kier molecular flexibility index (Phi) is 4.10. The average molecular weight is 294 g/mol. The van der Waals surface area contributed by atoms with Gasteiger partial charge in [-0.1, -0.05) is 23.7 Å². The Labute approximate surface area is 120 Å². The minimum absolute atomic E-state index is 0.0414. The van der Waals surface area contributed by atoms with Gasteiger partial charge < -0.3 is 9.84 Å². The predicted molar refractivity (Wildman–Crippen MR) is 75.3 cm³/mol. The van der Waals surface area contributed by atoms with Gasteiger partial charge in [0.25, 0.3) is 5.69 Å². The lowest BCUT2D eigenvalue weighted by Gasteiger charge is -2.11. The van der Waals surface area contributed by atoms with Crippen LogP contribution >= 0.6 is 11.6 Å². The van der Waals surface area contributed by atoms with Crippen LogP contribution in [0.4, 0.5) is 5.69 Å². The van der Waals surface area contributed by atoms with Crippen molar-refractivity contribution < 1.29 is 14.8 Å². The lowest BCUT2D eigenvalue weighted by Crippen LogP contribution is -2.02. The molecule has 5 nitrogen and oxygen atoms in total. The number of nitro benzene ring substituents is 1. The number of benzene rings is 2. The van der Waals surface area contributed by atoms with Crippen molar-refractivity contribution in [2.24, 2.45) is 0 Å². The number of halogens is 1. The van der Waals surface area contributed by atoms with Crippen LogP contribution in [-0.4, -0.2) is 10.0 Å². The van der Waals surface area contributed by atoms with E-state index in [1.807, 2.05) is 0 Å². The monoisotopic (exact) mass is 293 g/mol. The highest BCUT2D eigenvalue weighted by Gasteiger charge is 2.17. The molecule has 0 saturated carbocycles. The summed E-state index contributed by atoms with van der Waals surface area (Å²) in [7, 11) is 0. The number of phenols is 1. The van der Waals surface area contributed by atoms with Gasteiger partial charge in [-0.25, -0.2) is 0 Å². The van der Waals surface area contributed by atoms with Crippen LogP contribution in [0.5, 0.6) is 11.5 Å². The van der Waals surface area contributed by atoms with Gasteiger partial charge in [0.15, 0.2) is 0 Å². The summed E-state index contributed by atoms with van der Waals surface area (Å²) in [5, 5.41) is 20.8. The smallest absolute Gasteiger partial charge is 0.277 e. The molecule has 2 aromatic carbocycles. The SMILES string of the molecule is Cc1c(O)cccc1OCc1c(Cl)cccc1[N+](=O)[O-]. The van der Waals surface area contributed by atoms with Crippen LogP contribution in [0.3, 0.4) is 0 Å². The van der Waals surface area contributed by atoms with E-state index in [2.05, 4.69) is 0 Å². The van der Waals surface area contributed by atoms with E-state index < -0.39 is 4.92 Å². The Morgan fingerprint density at radius 1 is 1.30 bits per heavy atom. The van der Waals surface area contributed by atoms with Crippen LogP contribution in [0.25, 0.3) is 0 Å². The molecule has 0 aromatic heterocycles. The van der Waals surface area contributed by atoms with E-state index in [4.69, 9.17) is 16.3 Å². The highest BCUT2D eigenvalue weighted by molar-refractivity contribution is 6.31. The van der Waals surface area contributed by atoms with Gasteiger partial charge >= 0.3 is 0 Å². The summed E-state index contributed by atoms with van der Waals surface area (Å²) in [6.07, 6.45) is 0. The van der Waals surface area contributed by atoms with Gasteiger partial charge in [0.2, 0.25) is 0 Å². The number of hydrogen-bond donors (Lipinski definition) is 1. The third-order valence-corrected chi connectivity index (χ3v) is 3.27. The Balaban J connectivity index is 2.27. The van der Waals surface area contributed by atoms with Gasteiger partial charge in [-0.2, -0.15) is 0 Å². The number of nitro groups is 1. The predicted octanol–water partition coefficient (Wildman–Crippen LogP) is 3.84. The van der Waals surface area contributed by atoms with Gasteiger partial charge in [0, 0.05) is 11.6 Å². The Morgan fingerprint density at radius 2 is 2.00 bits per heavy atom. The molecule has 0 fully saturated rings. The van der Waals surface area contributed by atoms with E-state index in [9.17, 15) is 15.2 Å². The maximum atomic E-state index is 11.0. The molecule has 0 saturated heterocycles. The Bertz CT molecular complexity index is 658. The van der Waals surface area contributed by atoms with Gasteiger partial charge in [-0.3, -0.25) is 10.1 Å². The third kappa shape index (κ3) is 2.83. The van der Waals surface area contributed by atoms with Gasteiger partial charge in [0.1, 0.15) is 18.1 Å². The third-order valence-electron chi connectivity index (χ3n) is 2.92. The van der Waals surface area contributed by atoms with E-state index in [-0.39, 0.29) is 23.1 Å². The van der Waals surface area contributed by atoms with Crippen LogP contribution < -0.4 is 4.74 Å². The molecule has 0 aliphatic heterocycles. The average Bonchev–Trinajstić information content (AvgIpc) is 2.41. The maximum absolute atomic E-state index is 11.0. The summed E-state index contributed by atoms with van der Waals surface area (Å²) in [6, 6.07) is 9.32. The fraction of sp³-hybridized carbons (Fsp3) is 0.143. The summed E-state index contributed by atoms with van der Waals surface area (Å²) in [5.74, 6) is 0.565. The topological polar surface area (TPSA) is 72.6 Å². The summed E-state index contributed by atoms with van der Waals surface area (Å²) < 4.78 is 5.53. The van der Waals surface area contributed by atoms with E-state index in [0.717, 1.165) is 0 Å². The van der Waals surface area contributed by atoms with Crippen molar-refractivity contribution in [1.82, 2.24) is 0 Å². The van der Waals surface area contributed by atoms with Crippen LogP contribution in [0, 0.1) is 17.0 Å². The highest BCUT2D eigenvalue weighted by atomic mass is 35.5. The number of aromatic hydroxyl groups is 1. The first-order chi connectivity index (χ1) is 9.50. The van der Waals surface area contributed by atoms with Crippen molar-refractivity contribution in [3.63, 3.8) is 0 Å². The van der Waals surface area contributed by atoms with Crippen molar-refractivity contribution >= 4 is 17.3 Å². The van der Waals surface area contributed by atoms with Crippen LogP contribution in [0.15, 0.2) is 36.4 Å². The molecule has 0 heterocycles. The molecule has 0 unspecified atom stereocenters. The number of nitrogens with zero attached hydrogens (tertiary/aromatic N) is 1. The molecular weight excluding hydrogens is 282 g/mol. The molecule has 6 heteroatoms. The first kappa shape index (κ1) is 14.1. The minimum Gasteiger partial charge on any atom is -0.508 e. The van der Waals surface area contributed by atoms with Gasteiger partial charge in [0.05, 0.1) is 15.5 Å². The number of rotatable bonds is 4. The molecule has 0 amide bonds. The summed E-state index contributed by atoms with van der Waals surface area (Å²) in [6.45, 7) is 1.66. The first-order valence-corrected chi connectivity index (χ1v) is 6.21. The largest absolute Gasteiger partial charge is 0.508 e. The van der Waals surface area contributed by atoms with E-state index >= 15 is 0 Å². The highest BCUT2D eigenvalue weighted by Crippen LogP contribution is 2.30. The zero-order chi connectivity index (χ0) is 14.7. The molecule has 1 N–H and O–H groups in total. The maximum Gasteiger partial charge on any atom is 0.277 e. The van der Waals surface area contributed by atoms with Crippen molar-refractivity contribution in [2.75, 3.05) is 0 Å². The fourth-order valence-corrected chi connectivity index (χ4v) is 1.99. The van der Waals surface area contributed by atoms with Crippen LogP contribution in [0.1, 0.15) is 11.1 Å². The molecule has 0 spiro atoms. The van der Waals surface area contributed by atoms with E-state index in [0.29, 0.717) is 16.9 Å². The normalized spacial score (nSPS) is 10.3. The molecule has 0 aliphatic carbocycles. The quantitative estimate of drug-likeness (QED) is 0.686. The van der Waals surface area contributed by atoms with E-state index in [1.54, 1.807) is 31.2 Å². The molecule has 20 heavy (non-hydrogen) atoms. The molecule has 2 aromatic rings. The molecule has 0 bridgehead atoms. The Hall–Kier alpha value is -2.27. The van der Waals surface area contributed by atoms with Crippen LogP contribution in [-0.2, 0) is 6.61 Å². The lowest BCUT2D eigenvalue weighted by atomic mass is 10.2. The van der Waals surface area contributed by atoms with Crippen molar-refractivity contribution in [3.8, 4) is 11.5 Å². The molecule has 0 atom stereocenters. The first-order valence-electron chi connectivity index (χ1n) is 5.84. The molecule has 104 valence electrons. The number of phenolic OH excluding ortho intramolecular Hbond substituents is 1. The zero-order valence-corrected chi connectivity index (χ0v) is 11.4. The molecular formula is C14H12ClNO4. The van der Waals surface area contributed by atoms with Crippen molar-refractivity contribution in [1.29, 1.82) is 0 Å². The lowest BCUT2D eigenvalue weighted by molar-refractivity contribution is -0.385. The second kappa shape index (κ2) is 5.79. The minimum atomic E-state index is -0.500. The summed E-state index contributed by atoms with van der Waals surface area (Å²) in [5.41, 5.74) is 0.791. The number of ether oxygens (including phenoxy) is 1. The van der Waals surface area contributed by atoms with Gasteiger partial charge in [-0.05, 0) is 25.1 Å². The van der Waals surface area contributed by atoms with E-state index in [1.165, 1.54) is 12.1 Å². The van der Waals surface area contributed by atoms with Crippen molar-refractivity contribution in [3.05, 3.63) is 62.7 Å². The summed E-state index contributed by atoms with van der Waals surface area (Å²) in [4.78, 5) is 10.5. The zero-order valence-electron chi connectivity index (χ0n) is 10.7. The molecule has 0 aliphatic rings. The summed E-state index contributed by atoms with van der Waals surface area (Å²) >= 11 is 5.98. The number of hydrogen-bond acceptors (Lipinski definition) is 4. The van der Waals surface area contributed by atoms with Crippen LogP contribution in [0.2, 0.25) is 5.02 Å². The fourth-order valence-electron chi connectivity index (χ4n) is 1.77. The second-order valence-corrected chi connectivity index (χ2v) is 4.59. The van der Waals surface area contributed by atoms with Crippen molar-refractivity contribution in [2.45, 2.75) is 13.5 Å².